The van der Waals surface area contributed by atoms with E-state index in [0.29, 0.717) is 6.61 Å². The van der Waals surface area contributed by atoms with E-state index in [2.05, 4.69) is 23.9 Å². The third-order valence-electron chi connectivity index (χ3n) is 3.21. The summed E-state index contributed by atoms with van der Waals surface area (Å²) in [5, 5.41) is 0. The molecule has 0 spiro atoms. The standard InChI is InChI=1S/C13H26N2O2/c1-4-17-13(16)12-7-5-9-15(11-12)10-6-8-14(2)3/h12H,4-11H2,1-3H3/t12-/m1/s1. The van der Waals surface area contributed by atoms with Gasteiger partial charge in [0.1, 0.15) is 0 Å². The summed E-state index contributed by atoms with van der Waals surface area (Å²) < 4.78 is 5.10. The van der Waals surface area contributed by atoms with Crippen LogP contribution in [0.2, 0.25) is 0 Å². The second-order valence-electron chi connectivity index (χ2n) is 5.05. The molecule has 100 valence electrons. The van der Waals surface area contributed by atoms with E-state index in [9.17, 15) is 4.79 Å². The second-order valence-corrected chi connectivity index (χ2v) is 5.05. The van der Waals surface area contributed by atoms with Gasteiger partial charge in [-0.2, -0.15) is 0 Å². The van der Waals surface area contributed by atoms with Gasteiger partial charge < -0.3 is 14.5 Å². The molecule has 0 aromatic carbocycles. The highest BCUT2D eigenvalue weighted by atomic mass is 16.5. The van der Waals surface area contributed by atoms with Gasteiger partial charge in [0.05, 0.1) is 12.5 Å². The summed E-state index contributed by atoms with van der Waals surface area (Å²) in [6.07, 6.45) is 3.27. The molecule has 0 aliphatic carbocycles. The molecule has 1 heterocycles. The van der Waals surface area contributed by atoms with Gasteiger partial charge in [-0.1, -0.05) is 0 Å². The highest BCUT2D eigenvalue weighted by Crippen LogP contribution is 2.17. The van der Waals surface area contributed by atoms with Crippen LogP contribution in [0.15, 0.2) is 0 Å². The van der Waals surface area contributed by atoms with Gasteiger partial charge in [0.2, 0.25) is 0 Å². The van der Waals surface area contributed by atoms with Crippen molar-refractivity contribution in [2.75, 3.05) is 46.9 Å². The summed E-state index contributed by atoms with van der Waals surface area (Å²) in [6, 6.07) is 0. The molecular formula is C13H26N2O2. The van der Waals surface area contributed by atoms with Crippen molar-refractivity contribution in [3.05, 3.63) is 0 Å². The summed E-state index contributed by atoms with van der Waals surface area (Å²) in [5.74, 6) is 0.0906. The zero-order valence-electron chi connectivity index (χ0n) is 11.4. The van der Waals surface area contributed by atoms with E-state index >= 15 is 0 Å². The predicted molar refractivity (Wildman–Crippen MR) is 69.0 cm³/mol. The number of nitrogens with zero attached hydrogens (tertiary/aromatic N) is 2. The Balaban J connectivity index is 2.26. The van der Waals surface area contributed by atoms with Crippen LogP contribution < -0.4 is 0 Å². The molecule has 0 aromatic rings. The lowest BCUT2D eigenvalue weighted by atomic mass is 9.98. The van der Waals surface area contributed by atoms with Gasteiger partial charge in [0.25, 0.3) is 0 Å². The summed E-state index contributed by atoms with van der Waals surface area (Å²) >= 11 is 0. The van der Waals surface area contributed by atoms with Crippen LogP contribution in [-0.2, 0) is 9.53 Å². The van der Waals surface area contributed by atoms with E-state index in [0.717, 1.165) is 39.0 Å². The van der Waals surface area contributed by atoms with E-state index in [1.54, 1.807) is 0 Å². The summed E-state index contributed by atoms with van der Waals surface area (Å²) in [6.45, 7) is 6.58. The van der Waals surface area contributed by atoms with Crippen LogP contribution in [0.3, 0.4) is 0 Å². The molecule has 1 fully saturated rings. The number of esters is 1. The number of piperidine rings is 1. The maximum Gasteiger partial charge on any atom is 0.310 e. The summed E-state index contributed by atoms with van der Waals surface area (Å²) in [7, 11) is 4.19. The molecule has 17 heavy (non-hydrogen) atoms. The molecule has 1 aliphatic rings. The molecule has 1 rings (SSSR count). The second kappa shape index (κ2) is 7.67. The third-order valence-corrected chi connectivity index (χ3v) is 3.21. The molecule has 0 bridgehead atoms. The van der Waals surface area contributed by atoms with E-state index in [-0.39, 0.29) is 11.9 Å². The Morgan fingerprint density at radius 2 is 2.24 bits per heavy atom. The minimum Gasteiger partial charge on any atom is -0.466 e. The third kappa shape index (κ3) is 5.50. The molecule has 0 amide bonds. The van der Waals surface area contributed by atoms with Gasteiger partial charge in [-0.15, -0.1) is 0 Å². The van der Waals surface area contributed by atoms with Gasteiger partial charge in [-0.05, 0) is 59.9 Å². The van der Waals surface area contributed by atoms with Crippen molar-refractivity contribution in [1.29, 1.82) is 0 Å². The summed E-state index contributed by atoms with van der Waals surface area (Å²) in [5.41, 5.74) is 0. The van der Waals surface area contributed by atoms with Crippen LogP contribution in [0, 0.1) is 5.92 Å². The molecule has 0 saturated carbocycles. The minimum atomic E-state index is -0.00944. The molecule has 0 aromatic heterocycles. The fourth-order valence-electron chi connectivity index (χ4n) is 2.32. The largest absolute Gasteiger partial charge is 0.466 e. The van der Waals surface area contributed by atoms with Crippen molar-refractivity contribution in [1.82, 2.24) is 9.80 Å². The van der Waals surface area contributed by atoms with E-state index < -0.39 is 0 Å². The Hall–Kier alpha value is -0.610. The Labute approximate surface area is 105 Å². The summed E-state index contributed by atoms with van der Waals surface area (Å²) in [4.78, 5) is 16.3. The Morgan fingerprint density at radius 1 is 1.47 bits per heavy atom. The van der Waals surface area contributed by atoms with Crippen LogP contribution in [0.1, 0.15) is 26.2 Å². The lowest BCUT2D eigenvalue weighted by Gasteiger charge is -2.31. The number of rotatable bonds is 6. The molecule has 1 aliphatic heterocycles. The van der Waals surface area contributed by atoms with E-state index in [1.807, 2.05) is 6.92 Å². The smallest absolute Gasteiger partial charge is 0.310 e. The fourth-order valence-corrected chi connectivity index (χ4v) is 2.32. The first kappa shape index (κ1) is 14.5. The van der Waals surface area contributed by atoms with Gasteiger partial charge in [-0.3, -0.25) is 4.79 Å². The van der Waals surface area contributed by atoms with Gasteiger partial charge in [-0.25, -0.2) is 0 Å². The lowest BCUT2D eigenvalue weighted by Crippen LogP contribution is -2.40. The van der Waals surface area contributed by atoms with Crippen molar-refractivity contribution in [3.63, 3.8) is 0 Å². The number of likely N-dealkylation sites (tertiary alicyclic amines) is 1. The zero-order valence-corrected chi connectivity index (χ0v) is 11.4. The van der Waals surface area contributed by atoms with Crippen molar-refractivity contribution < 1.29 is 9.53 Å². The first-order valence-electron chi connectivity index (χ1n) is 6.67. The average Bonchev–Trinajstić information content (AvgIpc) is 2.29. The van der Waals surface area contributed by atoms with Crippen molar-refractivity contribution >= 4 is 5.97 Å². The molecule has 0 radical (unpaired) electrons. The number of ether oxygens (including phenoxy) is 1. The highest BCUT2D eigenvalue weighted by molar-refractivity contribution is 5.72. The van der Waals surface area contributed by atoms with Crippen LogP contribution in [0.5, 0.6) is 0 Å². The first-order valence-corrected chi connectivity index (χ1v) is 6.67. The monoisotopic (exact) mass is 242 g/mol. The Morgan fingerprint density at radius 3 is 2.88 bits per heavy atom. The van der Waals surface area contributed by atoms with Crippen LogP contribution in [0.4, 0.5) is 0 Å². The quantitative estimate of drug-likeness (QED) is 0.656. The number of carbonyl (C=O) groups is 1. The SMILES string of the molecule is CCOC(=O)[C@@H]1CCCN(CCCN(C)C)C1. The molecule has 4 heteroatoms. The van der Waals surface area contributed by atoms with Crippen molar-refractivity contribution in [2.24, 2.45) is 5.92 Å². The maximum atomic E-state index is 11.7. The molecule has 0 N–H and O–H groups in total. The molecule has 4 nitrogen and oxygen atoms in total. The molecule has 1 saturated heterocycles. The predicted octanol–water partition coefficient (Wildman–Crippen LogP) is 1.21. The maximum absolute atomic E-state index is 11.7. The van der Waals surface area contributed by atoms with E-state index in [4.69, 9.17) is 4.74 Å². The normalized spacial score (nSPS) is 21.8. The van der Waals surface area contributed by atoms with Crippen LogP contribution >= 0.6 is 0 Å². The Bertz CT molecular complexity index is 231. The average molecular weight is 242 g/mol. The lowest BCUT2D eigenvalue weighted by molar-refractivity contribution is -0.149. The molecular weight excluding hydrogens is 216 g/mol. The number of carbonyl (C=O) groups excluding carboxylic acids is 1. The molecule has 0 unspecified atom stereocenters. The van der Waals surface area contributed by atoms with Gasteiger partial charge >= 0.3 is 5.97 Å². The molecule has 1 atom stereocenters. The highest BCUT2D eigenvalue weighted by Gasteiger charge is 2.26. The van der Waals surface area contributed by atoms with E-state index in [1.165, 1.54) is 6.42 Å². The van der Waals surface area contributed by atoms with Gasteiger partial charge in [0, 0.05) is 6.54 Å². The van der Waals surface area contributed by atoms with Crippen molar-refractivity contribution in [3.8, 4) is 0 Å². The van der Waals surface area contributed by atoms with Crippen molar-refractivity contribution in [2.45, 2.75) is 26.2 Å². The topological polar surface area (TPSA) is 32.8 Å². The fraction of sp³-hybridized carbons (Fsp3) is 0.923. The zero-order chi connectivity index (χ0) is 12.7. The van der Waals surface area contributed by atoms with Crippen LogP contribution in [-0.4, -0.2) is 62.7 Å². The number of hydrogen-bond acceptors (Lipinski definition) is 4. The first-order chi connectivity index (χ1) is 8.13. The Kier molecular flexibility index (Phi) is 6.52. The number of hydrogen-bond donors (Lipinski definition) is 0. The van der Waals surface area contributed by atoms with Crippen LogP contribution in [0.25, 0.3) is 0 Å². The minimum absolute atomic E-state index is 0.00944. The van der Waals surface area contributed by atoms with Gasteiger partial charge in [0.15, 0.2) is 0 Å².